The van der Waals surface area contributed by atoms with Crippen LogP contribution in [0.3, 0.4) is 0 Å². The number of carbonyl (C=O) groups excluding carboxylic acids is 1. The third-order valence-corrected chi connectivity index (χ3v) is 3.28. The number of pyridine rings is 1. The molecule has 1 aromatic carbocycles. The Kier molecular flexibility index (Phi) is 4.69. The molecule has 0 fully saturated rings. The van der Waals surface area contributed by atoms with E-state index in [1.807, 2.05) is 0 Å². The molecule has 6 nitrogen and oxygen atoms in total. The Morgan fingerprint density at radius 2 is 1.87 bits per heavy atom. The summed E-state index contributed by atoms with van der Waals surface area (Å²) >= 11 is 0. The first-order valence-corrected chi connectivity index (χ1v) is 6.86. The molecule has 2 rings (SSSR count). The lowest BCUT2D eigenvalue weighted by atomic mass is 9.92. The molecule has 0 amide bonds. The Labute approximate surface area is 133 Å². The van der Waals surface area contributed by atoms with Gasteiger partial charge in [0.15, 0.2) is 0 Å². The highest BCUT2D eigenvalue weighted by atomic mass is 16.5. The fourth-order valence-electron chi connectivity index (χ4n) is 2.25. The van der Waals surface area contributed by atoms with Crippen LogP contribution in [0.1, 0.15) is 27.8 Å². The smallest absolute Gasteiger partial charge is 0.355 e. The summed E-state index contributed by atoms with van der Waals surface area (Å²) < 4.78 is 6.27. The maximum Gasteiger partial charge on any atom is 0.355 e. The van der Waals surface area contributed by atoms with Crippen molar-refractivity contribution >= 4 is 25.2 Å². The van der Waals surface area contributed by atoms with E-state index in [0.29, 0.717) is 11.0 Å². The van der Waals surface area contributed by atoms with Gasteiger partial charge in [0.25, 0.3) is 0 Å². The SMILES string of the molecule is [B]c1ccc(-c2c(C(=O)OCC)n(C)cc(C(=O)O)c2=O)cc1. The van der Waals surface area contributed by atoms with E-state index >= 15 is 0 Å². The summed E-state index contributed by atoms with van der Waals surface area (Å²) in [5.41, 5.74) is -0.322. The van der Waals surface area contributed by atoms with Crippen LogP contribution in [0.2, 0.25) is 0 Å². The molecule has 2 aromatic rings. The summed E-state index contributed by atoms with van der Waals surface area (Å²) in [7, 11) is 7.11. The number of carboxylic acids is 1. The minimum absolute atomic E-state index is 0.00776. The molecule has 1 heterocycles. The number of aromatic nitrogens is 1. The molecular weight excluding hydrogens is 297 g/mol. The van der Waals surface area contributed by atoms with Gasteiger partial charge in [0, 0.05) is 13.2 Å². The highest BCUT2D eigenvalue weighted by Gasteiger charge is 2.24. The number of carbonyl (C=O) groups is 2. The van der Waals surface area contributed by atoms with E-state index in [2.05, 4.69) is 0 Å². The minimum atomic E-state index is -1.36. The van der Waals surface area contributed by atoms with Gasteiger partial charge in [0.2, 0.25) is 5.43 Å². The van der Waals surface area contributed by atoms with E-state index in [4.69, 9.17) is 12.6 Å². The molecule has 0 unspecified atom stereocenters. The van der Waals surface area contributed by atoms with Gasteiger partial charge >= 0.3 is 11.9 Å². The number of carboxylic acid groups (broad SMARTS) is 1. The zero-order valence-corrected chi connectivity index (χ0v) is 12.7. The van der Waals surface area contributed by atoms with E-state index in [1.54, 1.807) is 31.2 Å². The maximum atomic E-state index is 12.5. The molecule has 1 N–H and O–H groups in total. The largest absolute Gasteiger partial charge is 0.477 e. The summed E-state index contributed by atoms with van der Waals surface area (Å²) in [5, 5.41) is 9.19. The Morgan fingerprint density at radius 3 is 2.39 bits per heavy atom. The van der Waals surface area contributed by atoms with Gasteiger partial charge < -0.3 is 14.4 Å². The Balaban J connectivity index is 2.83. The van der Waals surface area contributed by atoms with Gasteiger partial charge in [0.05, 0.1) is 12.2 Å². The van der Waals surface area contributed by atoms with Crippen LogP contribution in [0.25, 0.3) is 11.1 Å². The topological polar surface area (TPSA) is 85.6 Å². The van der Waals surface area contributed by atoms with Crippen LogP contribution in [0.4, 0.5) is 0 Å². The molecule has 7 heteroatoms. The van der Waals surface area contributed by atoms with Gasteiger partial charge in [0.1, 0.15) is 19.1 Å². The third-order valence-electron chi connectivity index (χ3n) is 3.28. The fraction of sp³-hybridized carbons (Fsp3) is 0.188. The molecule has 23 heavy (non-hydrogen) atoms. The van der Waals surface area contributed by atoms with Gasteiger partial charge in [-0.2, -0.15) is 0 Å². The summed E-state index contributed by atoms with van der Waals surface area (Å²) in [6.07, 6.45) is 1.11. The lowest BCUT2D eigenvalue weighted by Crippen LogP contribution is -2.25. The first-order valence-electron chi connectivity index (χ1n) is 6.86. The van der Waals surface area contributed by atoms with Crippen LogP contribution in [-0.4, -0.2) is 36.1 Å². The van der Waals surface area contributed by atoms with Crippen LogP contribution in [0, 0.1) is 0 Å². The predicted octanol–water partition coefficient (Wildman–Crippen LogP) is 0.721. The molecular formula is C16H14BNO5. The predicted molar refractivity (Wildman–Crippen MR) is 85.4 cm³/mol. The molecule has 116 valence electrons. The molecule has 0 aliphatic carbocycles. The second-order valence-electron chi connectivity index (χ2n) is 4.85. The quantitative estimate of drug-likeness (QED) is 0.664. The van der Waals surface area contributed by atoms with E-state index < -0.39 is 22.9 Å². The van der Waals surface area contributed by atoms with Crippen molar-refractivity contribution in [1.29, 1.82) is 0 Å². The molecule has 0 atom stereocenters. The van der Waals surface area contributed by atoms with Gasteiger partial charge in [-0.05, 0) is 12.5 Å². The lowest BCUT2D eigenvalue weighted by molar-refractivity contribution is 0.0513. The standard InChI is InChI=1S/C16H14BNO5/c1-3-23-16(22)13-12(9-4-6-10(17)7-5-9)14(19)11(15(20)21)8-18(13)2/h4-8H,3H2,1-2H3,(H,20,21). The van der Waals surface area contributed by atoms with Crippen molar-refractivity contribution in [1.82, 2.24) is 4.57 Å². The normalized spacial score (nSPS) is 10.3. The molecule has 2 radical (unpaired) electrons. The Hall–Kier alpha value is -2.83. The van der Waals surface area contributed by atoms with Crippen LogP contribution < -0.4 is 10.9 Å². The van der Waals surface area contributed by atoms with Gasteiger partial charge in [-0.15, -0.1) is 0 Å². The molecule has 0 saturated carbocycles. The van der Waals surface area contributed by atoms with Gasteiger partial charge in [-0.3, -0.25) is 4.79 Å². The van der Waals surface area contributed by atoms with Crippen LogP contribution in [0.15, 0.2) is 35.3 Å². The van der Waals surface area contributed by atoms with Crippen molar-refractivity contribution in [2.45, 2.75) is 6.92 Å². The molecule has 0 spiro atoms. The molecule has 0 saturated heterocycles. The minimum Gasteiger partial charge on any atom is -0.477 e. The van der Waals surface area contributed by atoms with Crippen molar-refractivity contribution in [3.8, 4) is 11.1 Å². The van der Waals surface area contributed by atoms with E-state index in [0.717, 1.165) is 6.20 Å². The van der Waals surface area contributed by atoms with E-state index in [1.165, 1.54) is 11.6 Å². The third kappa shape index (κ3) is 3.18. The summed E-state index contributed by atoms with van der Waals surface area (Å²) in [4.78, 5) is 36.0. The molecule has 0 aliphatic rings. The molecule has 0 aliphatic heterocycles. The average molecular weight is 311 g/mol. The zero-order valence-electron chi connectivity index (χ0n) is 12.7. The van der Waals surface area contributed by atoms with Crippen molar-refractivity contribution in [2.75, 3.05) is 6.61 Å². The number of ether oxygens (including phenoxy) is 1. The highest BCUT2D eigenvalue weighted by Crippen LogP contribution is 2.21. The van der Waals surface area contributed by atoms with Crippen molar-refractivity contribution in [3.05, 3.63) is 51.9 Å². The second-order valence-corrected chi connectivity index (χ2v) is 4.85. The summed E-state index contributed by atoms with van der Waals surface area (Å²) in [6, 6.07) is 6.25. The lowest BCUT2D eigenvalue weighted by Gasteiger charge is -2.14. The van der Waals surface area contributed by atoms with E-state index in [9.17, 15) is 19.5 Å². The molecule has 0 bridgehead atoms. The van der Waals surface area contributed by atoms with Crippen LogP contribution in [0.5, 0.6) is 0 Å². The molecule has 1 aromatic heterocycles. The summed E-state index contributed by atoms with van der Waals surface area (Å²) in [6.45, 7) is 1.78. The first kappa shape index (κ1) is 16.5. The number of benzene rings is 1. The first-order chi connectivity index (χ1) is 10.9. The second kappa shape index (κ2) is 6.52. The zero-order chi connectivity index (χ0) is 17.1. The van der Waals surface area contributed by atoms with Crippen molar-refractivity contribution in [3.63, 3.8) is 0 Å². The number of rotatable bonds is 4. The number of nitrogens with zero attached hydrogens (tertiary/aromatic N) is 1. The summed E-state index contributed by atoms with van der Waals surface area (Å²) in [5.74, 6) is -2.06. The Morgan fingerprint density at radius 1 is 1.26 bits per heavy atom. The highest BCUT2D eigenvalue weighted by molar-refractivity contribution is 6.32. The maximum absolute atomic E-state index is 12.5. The van der Waals surface area contributed by atoms with Gasteiger partial charge in [-0.1, -0.05) is 29.7 Å². The van der Waals surface area contributed by atoms with E-state index in [-0.39, 0.29) is 17.9 Å². The monoisotopic (exact) mass is 311 g/mol. The Bertz CT molecular complexity index is 824. The van der Waals surface area contributed by atoms with Crippen LogP contribution in [-0.2, 0) is 11.8 Å². The van der Waals surface area contributed by atoms with Crippen LogP contribution >= 0.6 is 0 Å². The van der Waals surface area contributed by atoms with Crippen molar-refractivity contribution < 1.29 is 19.4 Å². The number of aryl methyl sites for hydroxylation is 1. The number of esters is 1. The number of aromatic carboxylic acids is 1. The van der Waals surface area contributed by atoms with Gasteiger partial charge in [-0.25, -0.2) is 9.59 Å². The fourth-order valence-corrected chi connectivity index (χ4v) is 2.25. The number of hydrogen-bond donors (Lipinski definition) is 1. The number of hydrogen-bond acceptors (Lipinski definition) is 4. The van der Waals surface area contributed by atoms with Crippen molar-refractivity contribution in [2.24, 2.45) is 7.05 Å². The average Bonchev–Trinajstić information content (AvgIpc) is 2.49.